The predicted octanol–water partition coefficient (Wildman–Crippen LogP) is 4.48. The van der Waals surface area contributed by atoms with Crippen LogP contribution in [-0.4, -0.2) is 37.4 Å². The van der Waals surface area contributed by atoms with Gasteiger partial charge in [-0.1, -0.05) is 30.3 Å². The number of benzene rings is 3. The molecule has 7 heteroatoms. The van der Waals surface area contributed by atoms with Crippen molar-refractivity contribution in [3.8, 4) is 0 Å². The van der Waals surface area contributed by atoms with Gasteiger partial charge >= 0.3 is 0 Å². The van der Waals surface area contributed by atoms with Gasteiger partial charge in [0, 0.05) is 29.2 Å². The fraction of sp³-hybridized carbons (Fsp3) is 0.115. The molecule has 0 spiro atoms. The molecule has 0 fully saturated rings. The topological polar surface area (TPSA) is 102 Å². The first-order valence-corrected chi connectivity index (χ1v) is 11.0. The van der Waals surface area contributed by atoms with Crippen molar-refractivity contribution in [3.63, 3.8) is 0 Å². The summed E-state index contributed by atoms with van der Waals surface area (Å²) >= 11 is 0. The van der Waals surface area contributed by atoms with Crippen molar-refractivity contribution in [2.45, 2.75) is 12.8 Å². The second-order valence-electron chi connectivity index (χ2n) is 8.16. The lowest BCUT2D eigenvalue weighted by molar-refractivity contribution is 0.0954. The van der Waals surface area contributed by atoms with Crippen molar-refractivity contribution in [2.24, 2.45) is 0 Å². The second kappa shape index (κ2) is 7.94. The maximum atomic E-state index is 12.7. The number of imidazole rings is 2. The van der Waals surface area contributed by atoms with Crippen molar-refractivity contribution in [3.05, 3.63) is 95.7 Å². The van der Waals surface area contributed by atoms with Crippen LogP contribution in [0.4, 0.5) is 0 Å². The van der Waals surface area contributed by atoms with E-state index in [9.17, 15) is 4.79 Å². The average Bonchev–Trinajstić information content (AvgIpc) is 3.54. The Morgan fingerprint density at radius 1 is 0.818 bits per heavy atom. The zero-order chi connectivity index (χ0) is 22.2. The van der Waals surface area contributed by atoms with Gasteiger partial charge in [-0.05, 0) is 48.4 Å². The van der Waals surface area contributed by atoms with Gasteiger partial charge in [-0.15, -0.1) is 0 Å². The van der Waals surface area contributed by atoms with Crippen molar-refractivity contribution >= 4 is 38.9 Å². The van der Waals surface area contributed by atoms with Crippen LogP contribution in [0.15, 0.2) is 72.9 Å². The maximum Gasteiger partial charge on any atom is 0.251 e. The Labute approximate surface area is 189 Å². The molecule has 3 aromatic heterocycles. The molecule has 0 aliphatic carbocycles. The highest BCUT2D eigenvalue weighted by Gasteiger charge is 2.11. The average molecular weight is 435 g/mol. The van der Waals surface area contributed by atoms with E-state index in [1.807, 2.05) is 60.8 Å². The van der Waals surface area contributed by atoms with Gasteiger partial charge in [-0.2, -0.15) is 0 Å². The number of amides is 1. The molecule has 4 N–H and O–H groups in total. The summed E-state index contributed by atoms with van der Waals surface area (Å²) in [6.07, 6.45) is 3.34. The van der Waals surface area contributed by atoms with E-state index in [0.717, 1.165) is 45.7 Å². The third-order valence-electron chi connectivity index (χ3n) is 5.92. The summed E-state index contributed by atoms with van der Waals surface area (Å²) in [4.78, 5) is 31.9. The lowest BCUT2D eigenvalue weighted by Gasteiger charge is -2.05. The van der Waals surface area contributed by atoms with Gasteiger partial charge in [0.15, 0.2) is 0 Å². The molecular formula is C26H22N6O. The van der Waals surface area contributed by atoms with Crippen LogP contribution < -0.4 is 5.32 Å². The number of nitrogens with one attached hydrogen (secondary N) is 4. The summed E-state index contributed by atoms with van der Waals surface area (Å²) in [5.41, 5.74) is 6.54. The molecule has 7 nitrogen and oxygen atoms in total. The first-order valence-electron chi connectivity index (χ1n) is 11.0. The molecule has 3 heterocycles. The molecule has 0 bridgehead atoms. The van der Waals surface area contributed by atoms with E-state index < -0.39 is 0 Å². The van der Waals surface area contributed by atoms with Gasteiger partial charge in [-0.25, -0.2) is 9.97 Å². The van der Waals surface area contributed by atoms with Crippen molar-refractivity contribution in [1.29, 1.82) is 0 Å². The van der Waals surface area contributed by atoms with Gasteiger partial charge in [0.05, 0.1) is 28.5 Å². The fourth-order valence-electron chi connectivity index (χ4n) is 4.29. The van der Waals surface area contributed by atoms with Crippen LogP contribution in [0.5, 0.6) is 0 Å². The second-order valence-corrected chi connectivity index (χ2v) is 8.16. The van der Waals surface area contributed by atoms with Gasteiger partial charge in [-0.3, -0.25) is 4.79 Å². The molecule has 0 atom stereocenters. The highest BCUT2D eigenvalue weighted by Crippen LogP contribution is 2.19. The highest BCUT2D eigenvalue weighted by molar-refractivity contribution is 5.97. The number of hydrogen-bond acceptors (Lipinski definition) is 3. The van der Waals surface area contributed by atoms with Crippen molar-refractivity contribution in [2.75, 3.05) is 6.54 Å². The minimum atomic E-state index is -0.0924. The quantitative estimate of drug-likeness (QED) is 0.311. The molecule has 3 aromatic carbocycles. The predicted molar refractivity (Wildman–Crippen MR) is 129 cm³/mol. The molecule has 1 amide bonds. The highest BCUT2D eigenvalue weighted by atomic mass is 16.1. The summed E-state index contributed by atoms with van der Waals surface area (Å²) in [5.74, 6) is 1.57. The van der Waals surface area contributed by atoms with Crippen molar-refractivity contribution in [1.82, 2.24) is 30.2 Å². The van der Waals surface area contributed by atoms with Crippen LogP contribution >= 0.6 is 0 Å². The summed E-state index contributed by atoms with van der Waals surface area (Å²) in [5, 5.41) is 4.22. The number of aromatic nitrogens is 5. The van der Waals surface area contributed by atoms with E-state index >= 15 is 0 Å². The number of fused-ring (bicyclic) bond motifs is 3. The Morgan fingerprint density at radius 2 is 1.55 bits per heavy atom. The Kier molecular flexibility index (Phi) is 4.65. The minimum absolute atomic E-state index is 0.0924. The molecule has 0 saturated heterocycles. The Bertz CT molecular complexity index is 1570. The van der Waals surface area contributed by atoms with E-state index in [1.54, 1.807) is 0 Å². The molecule has 0 aliphatic rings. The molecule has 6 aromatic rings. The van der Waals surface area contributed by atoms with E-state index in [-0.39, 0.29) is 5.91 Å². The monoisotopic (exact) mass is 434 g/mol. The van der Waals surface area contributed by atoms with Gasteiger partial charge in [0.1, 0.15) is 11.6 Å². The molecule has 0 aliphatic heterocycles. The minimum Gasteiger partial charge on any atom is -0.361 e. The van der Waals surface area contributed by atoms with Crippen LogP contribution in [0.25, 0.3) is 33.0 Å². The first kappa shape index (κ1) is 19.3. The van der Waals surface area contributed by atoms with Crippen LogP contribution in [0.3, 0.4) is 0 Å². The maximum absolute atomic E-state index is 12.7. The molecule has 0 saturated carbocycles. The zero-order valence-corrected chi connectivity index (χ0v) is 17.9. The largest absolute Gasteiger partial charge is 0.361 e. The molecular weight excluding hydrogens is 412 g/mol. The summed E-state index contributed by atoms with van der Waals surface area (Å²) < 4.78 is 0. The van der Waals surface area contributed by atoms with Gasteiger partial charge < -0.3 is 20.3 Å². The number of aromatic amines is 3. The third kappa shape index (κ3) is 3.74. The lowest BCUT2D eigenvalue weighted by atomic mass is 10.1. The molecule has 0 unspecified atom stereocenters. The van der Waals surface area contributed by atoms with Crippen molar-refractivity contribution < 1.29 is 4.79 Å². The normalized spacial score (nSPS) is 11.5. The number of rotatable bonds is 6. The fourth-order valence-corrected chi connectivity index (χ4v) is 4.29. The molecule has 6 rings (SSSR count). The lowest BCUT2D eigenvalue weighted by Crippen LogP contribution is -2.25. The Morgan fingerprint density at radius 3 is 2.39 bits per heavy atom. The van der Waals surface area contributed by atoms with Crippen LogP contribution in [0.1, 0.15) is 27.6 Å². The number of carbonyl (C=O) groups is 1. The summed E-state index contributed by atoms with van der Waals surface area (Å²) in [6, 6.07) is 21.7. The molecule has 0 radical (unpaired) electrons. The number of H-pyrrole nitrogens is 3. The first-order chi connectivity index (χ1) is 16.2. The SMILES string of the molecule is O=C(NCCc1c[nH]c2ccccc12)c1ccc2nc(Cc3nc4ccccc4[nH]3)[nH]c2c1. The van der Waals surface area contributed by atoms with Crippen LogP contribution in [0, 0.1) is 0 Å². The van der Waals surface area contributed by atoms with E-state index in [2.05, 4.69) is 42.4 Å². The number of nitrogens with zero attached hydrogens (tertiary/aromatic N) is 2. The molecule has 33 heavy (non-hydrogen) atoms. The zero-order valence-electron chi connectivity index (χ0n) is 17.9. The Balaban J connectivity index is 1.14. The third-order valence-corrected chi connectivity index (χ3v) is 5.92. The number of carbonyl (C=O) groups excluding carboxylic acids is 1. The standard InChI is InChI=1S/C26H22N6O/c33-26(27-12-11-17-15-28-19-6-2-1-5-18(17)19)16-9-10-22-23(13-16)32-25(31-22)14-24-29-20-7-3-4-8-21(20)30-24/h1-10,13,15,28H,11-12,14H2,(H,27,33)(H,29,30)(H,31,32). The van der Waals surface area contributed by atoms with Crippen LogP contribution in [0.2, 0.25) is 0 Å². The number of hydrogen-bond donors (Lipinski definition) is 4. The number of para-hydroxylation sites is 3. The van der Waals surface area contributed by atoms with Gasteiger partial charge in [0.25, 0.3) is 5.91 Å². The summed E-state index contributed by atoms with van der Waals surface area (Å²) in [6.45, 7) is 0.568. The van der Waals surface area contributed by atoms with Gasteiger partial charge in [0.2, 0.25) is 0 Å². The van der Waals surface area contributed by atoms with E-state index in [1.165, 1.54) is 10.9 Å². The smallest absolute Gasteiger partial charge is 0.251 e. The molecule has 162 valence electrons. The van der Waals surface area contributed by atoms with Crippen LogP contribution in [-0.2, 0) is 12.8 Å². The van der Waals surface area contributed by atoms with E-state index in [4.69, 9.17) is 0 Å². The summed E-state index contributed by atoms with van der Waals surface area (Å²) in [7, 11) is 0. The Hall–Kier alpha value is -4.39. The van der Waals surface area contributed by atoms with E-state index in [0.29, 0.717) is 18.5 Å².